The van der Waals surface area contributed by atoms with Crippen molar-refractivity contribution in [3.63, 3.8) is 0 Å². The van der Waals surface area contributed by atoms with E-state index < -0.39 is 5.60 Å². The molecule has 0 radical (unpaired) electrons. The highest BCUT2D eigenvalue weighted by molar-refractivity contribution is 6.31. The Balaban J connectivity index is 1.77. The molecular weight excluding hydrogens is 429 g/mol. The van der Waals surface area contributed by atoms with Crippen LogP contribution in [0.3, 0.4) is 0 Å². The third kappa shape index (κ3) is 6.25. The first-order valence-electron chi connectivity index (χ1n) is 10.3. The zero-order valence-electron chi connectivity index (χ0n) is 17.9. The maximum Gasteiger partial charge on any atom is 0.263 e. The third-order valence-corrected chi connectivity index (χ3v) is 5.94. The van der Waals surface area contributed by atoms with Gasteiger partial charge in [0.1, 0.15) is 5.75 Å². The highest BCUT2D eigenvalue weighted by atomic mass is 35.5. The molecule has 2 atom stereocenters. The molecular formula is C26H27Cl2NO2. The molecule has 0 aliphatic carbocycles. The van der Waals surface area contributed by atoms with E-state index in [0.29, 0.717) is 17.2 Å². The first-order valence-corrected chi connectivity index (χ1v) is 11.1. The second-order valence-corrected chi connectivity index (χ2v) is 8.98. The Kier molecular flexibility index (Phi) is 7.64. The Labute approximate surface area is 194 Å². The molecule has 1 N–H and O–H groups in total. The van der Waals surface area contributed by atoms with Gasteiger partial charge in [0, 0.05) is 22.0 Å². The van der Waals surface area contributed by atoms with Crippen LogP contribution >= 0.6 is 23.2 Å². The molecule has 0 aliphatic heterocycles. The first-order chi connectivity index (χ1) is 14.8. The van der Waals surface area contributed by atoms with E-state index in [-0.39, 0.29) is 17.9 Å². The van der Waals surface area contributed by atoms with Crippen molar-refractivity contribution in [3.05, 3.63) is 100 Å². The van der Waals surface area contributed by atoms with Gasteiger partial charge in [-0.2, -0.15) is 0 Å². The minimum Gasteiger partial charge on any atom is -0.478 e. The zero-order chi connectivity index (χ0) is 22.4. The second-order valence-electron chi connectivity index (χ2n) is 8.14. The highest BCUT2D eigenvalue weighted by Gasteiger charge is 2.33. The summed E-state index contributed by atoms with van der Waals surface area (Å²) in [6.45, 7) is 5.54. The molecule has 0 aliphatic rings. The average molecular weight is 456 g/mol. The predicted molar refractivity (Wildman–Crippen MR) is 128 cm³/mol. The smallest absolute Gasteiger partial charge is 0.263 e. The summed E-state index contributed by atoms with van der Waals surface area (Å²) in [7, 11) is 0. The van der Waals surface area contributed by atoms with Gasteiger partial charge < -0.3 is 10.1 Å². The zero-order valence-corrected chi connectivity index (χ0v) is 19.5. The first kappa shape index (κ1) is 23.2. The van der Waals surface area contributed by atoms with Gasteiger partial charge in [-0.3, -0.25) is 4.79 Å². The summed E-state index contributed by atoms with van der Waals surface area (Å²) in [6, 6.07) is 24.8. The van der Waals surface area contributed by atoms with Crippen molar-refractivity contribution >= 4 is 29.1 Å². The van der Waals surface area contributed by atoms with Crippen LogP contribution in [0.4, 0.5) is 0 Å². The lowest BCUT2D eigenvalue weighted by Gasteiger charge is -2.31. The summed E-state index contributed by atoms with van der Waals surface area (Å²) in [4.78, 5) is 13.1. The Morgan fingerprint density at radius 1 is 0.935 bits per heavy atom. The van der Waals surface area contributed by atoms with Gasteiger partial charge in [-0.15, -0.1) is 0 Å². The van der Waals surface area contributed by atoms with Crippen LogP contribution < -0.4 is 10.1 Å². The molecule has 3 aromatic rings. The Morgan fingerprint density at radius 3 is 2.19 bits per heavy atom. The summed E-state index contributed by atoms with van der Waals surface area (Å²) < 4.78 is 5.95. The van der Waals surface area contributed by atoms with Crippen molar-refractivity contribution in [3.8, 4) is 5.75 Å². The van der Waals surface area contributed by atoms with E-state index in [0.717, 1.165) is 16.1 Å². The van der Waals surface area contributed by atoms with Gasteiger partial charge in [-0.05, 0) is 68.7 Å². The standard InChI is InChI=1S/C26H27Cl2NO2/c1-18(29-25(30)26(2,3)31-22-15-13-21(27)14-16-22)23(19-9-5-4-6-10-19)17-20-11-7-8-12-24(20)28/h4-16,18,23H,17H2,1-3H3,(H,29,30)/t18-,23+/m0/s1. The van der Waals surface area contributed by atoms with Crippen LogP contribution in [0.2, 0.25) is 10.0 Å². The molecule has 0 spiro atoms. The molecule has 0 fully saturated rings. The number of hydrogen-bond donors (Lipinski definition) is 1. The molecule has 0 saturated carbocycles. The van der Waals surface area contributed by atoms with Crippen molar-refractivity contribution in [2.45, 2.75) is 44.8 Å². The topological polar surface area (TPSA) is 38.3 Å². The monoisotopic (exact) mass is 455 g/mol. The Morgan fingerprint density at radius 2 is 1.55 bits per heavy atom. The Bertz CT molecular complexity index is 1000. The quantitative estimate of drug-likeness (QED) is 0.411. The van der Waals surface area contributed by atoms with Crippen LogP contribution in [0.15, 0.2) is 78.9 Å². The molecule has 0 bridgehead atoms. The van der Waals surface area contributed by atoms with Gasteiger partial charge >= 0.3 is 0 Å². The number of halogens is 2. The molecule has 0 saturated heterocycles. The summed E-state index contributed by atoms with van der Waals surface area (Å²) in [6.07, 6.45) is 0.712. The summed E-state index contributed by atoms with van der Waals surface area (Å²) >= 11 is 12.4. The van der Waals surface area contributed by atoms with E-state index in [1.807, 2.05) is 49.4 Å². The molecule has 31 heavy (non-hydrogen) atoms. The molecule has 0 unspecified atom stereocenters. The number of nitrogens with one attached hydrogen (secondary N) is 1. The fourth-order valence-corrected chi connectivity index (χ4v) is 3.85. The van der Waals surface area contributed by atoms with Crippen LogP contribution in [0, 0.1) is 0 Å². The average Bonchev–Trinajstić information content (AvgIpc) is 2.75. The summed E-state index contributed by atoms with van der Waals surface area (Å²) in [5.74, 6) is 0.458. The van der Waals surface area contributed by atoms with E-state index in [4.69, 9.17) is 27.9 Å². The third-order valence-electron chi connectivity index (χ3n) is 5.32. The number of ether oxygens (including phenoxy) is 1. The lowest BCUT2D eigenvalue weighted by molar-refractivity contribution is -0.135. The van der Waals surface area contributed by atoms with E-state index in [9.17, 15) is 4.79 Å². The van der Waals surface area contributed by atoms with Gasteiger partial charge in [0.2, 0.25) is 0 Å². The fraction of sp³-hybridized carbons (Fsp3) is 0.269. The predicted octanol–water partition coefficient (Wildman–Crippen LogP) is 6.68. The van der Waals surface area contributed by atoms with Crippen LogP contribution in [0.5, 0.6) is 5.75 Å². The van der Waals surface area contributed by atoms with Crippen molar-refractivity contribution in [2.24, 2.45) is 0 Å². The van der Waals surface area contributed by atoms with Crippen LogP contribution in [-0.4, -0.2) is 17.6 Å². The van der Waals surface area contributed by atoms with Gasteiger partial charge in [0.05, 0.1) is 0 Å². The number of hydrogen-bond acceptors (Lipinski definition) is 2. The molecule has 1 amide bonds. The second kappa shape index (κ2) is 10.2. The molecule has 3 aromatic carbocycles. The Hall–Kier alpha value is -2.49. The van der Waals surface area contributed by atoms with E-state index in [1.165, 1.54) is 0 Å². The number of benzene rings is 3. The van der Waals surface area contributed by atoms with Gasteiger partial charge in [-0.25, -0.2) is 0 Å². The lowest BCUT2D eigenvalue weighted by Crippen LogP contribution is -2.51. The van der Waals surface area contributed by atoms with Crippen molar-refractivity contribution in [2.75, 3.05) is 0 Å². The van der Waals surface area contributed by atoms with Crippen molar-refractivity contribution in [1.82, 2.24) is 5.32 Å². The van der Waals surface area contributed by atoms with E-state index in [1.54, 1.807) is 38.1 Å². The van der Waals surface area contributed by atoms with Crippen LogP contribution in [0.1, 0.15) is 37.8 Å². The SMILES string of the molecule is C[C@H](NC(=O)C(C)(C)Oc1ccc(Cl)cc1)[C@@H](Cc1ccccc1Cl)c1ccccc1. The number of carbonyl (C=O) groups excluding carboxylic acids is 1. The fourth-order valence-electron chi connectivity index (χ4n) is 3.51. The normalized spacial score (nSPS) is 13.3. The molecule has 3 rings (SSSR count). The number of rotatable bonds is 8. The summed E-state index contributed by atoms with van der Waals surface area (Å²) in [5.41, 5.74) is 1.15. The van der Waals surface area contributed by atoms with E-state index in [2.05, 4.69) is 17.4 Å². The highest BCUT2D eigenvalue weighted by Crippen LogP contribution is 2.29. The molecule has 0 heterocycles. The number of amides is 1. The minimum atomic E-state index is -1.05. The molecule has 5 heteroatoms. The number of carbonyl (C=O) groups is 1. The van der Waals surface area contributed by atoms with Gasteiger partial charge in [0.15, 0.2) is 5.60 Å². The molecule has 0 aromatic heterocycles. The van der Waals surface area contributed by atoms with Crippen molar-refractivity contribution < 1.29 is 9.53 Å². The maximum absolute atomic E-state index is 13.1. The van der Waals surface area contributed by atoms with Gasteiger partial charge in [-0.1, -0.05) is 71.7 Å². The van der Waals surface area contributed by atoms with E-state index >= 15 is 0 Å². The minimum absolute atomic E-state index is 0.0522. The van der Waals surface area contributed by atoms with Crippen LogP contribution in [-0.2, 0) is 11.2 Å². The van der Waals surface area contributed by atoms with Gasteiger partial charge in [0.25, 0.3) is 5.91 Å². The summed E-state index contributed by atoms with van der Waals surface area (Å²) in [5, 5.41) is 4.51. The molecule has 3 nitrogen and oxygen atoms in total. The molecule has 162 valence electrons. The largest absolute Gasteiger partial charge is 0.478 e. The lowest BCUT2D eigenvalue weighted by atomic mass is 9.86. The maximum atomic E-state index is 13.1. The van der Waals surface area contributed by atoms with Crippen molar-refractivity contribution in [1.29, 1.82) is 0 Å². The van der Waals surface area contributed by atoms with Crippen LogP contribution in [0.25, 0.3) is 0 Å².